The van der Waals surface area contributed by atoms with E-state index in [2.05, 4.69) is 5.32 Å². The minimum absolute atomic E-state index is 0.0672. The van der Waals surface area contributed by atoms with Gasteiger partial charge in [0.2, 0.25) is 11.8 Å². The van der Waals surface area contributed by atoms with Gasteiger partial charge in [0.05, 0.1) is 12.3 Å². The zero-order valence-corrected chi connectivity index (χ0v) is 19.0. The first-order valence-corrected chi connectivity index (χ1v) is 11.3. The van der Waals surface area contributed by atoms with E-state index in [0.29, 0.717) is 44.9 Å². The van der Waals surface area contributed by atoms with Gasteiger partial charge in [0.15, 0.2) is 0 Å². The van der Waals surface area contributed by atoms with Gasteiger partial charge in [0, 0.05) is 39.1 Å². The zero-order chi connectivity index (χ0) is 23.0. The van der Waals surface area contributed by atoms with E-state index in [9.17, 15) is 19.2 Å². The molecule has 2 N–H and O–H groups in total. The fraction of sp³-hybridized carbons (Fsp3) is 0.818. The molecule has 2 aliphatic rings. The van der Waals surface area contributed by atoms with Crippen molar-refractivity contribution in [2.24, 2.45) is 11.8 Å². The smallest absolute Gasteiger partial charge is 0.410 e. The third-order valence-corrected chi connectivity index (χ3v) is 5.82. The first-order valence-electron chi connectivity index (χ1n) is 11.3. The predicted molar refractivity (Wildman–Crippen MR) is 114 cm³/mol. The summed E-state index contributed by atoms with van der Waals surface area (Å²) < 4.78 is 5.42. The molecule has 1 atom stereocenters. The molecule has 2 saturated heterocycles. The van der Waals surface area contributed by atoms with E-state index in [1.807, 2.05) is 20.8 Å². The first-order chi connectivity index (χ1) is 14.5. The molecule has 2 aliphatic heterocycles. The van der Waals surface area contributed by atoms with Crippen molar-refractivity contribution in [3.8, 4) is 0 Å². The molecule has 3 amide bonds. The maximum atomic E-state index is 12.7. The standard InChI is InChI=1S/C22H37N3O6/c1-22(2,3)31-21(30)24-13-9-16(10-14-24)6-7-18(26)25-12-4-5-17(15-25)20(29)23-11-8-19(27)28/h16-17H,4-15H2,1-3H3,(H,23,29)(H,27,28)/t17-/m1/s1. The Bertz CT molecular complexity index is 652. The minimum atomic E-state index is -0.947. The van der Waals surface area contributed by atoms with Crippen LogP contribution in [-0.2, 0) is 19.1 Å². The number of carbonyl (C=O) groups is 4. The van der Waals surface area contributed by atoms with E-state index < -0.39 is 11.6 Å². The van der Waals surface area contributed by atoms with Gasteiger partial charge >= 0.3 is 12.1 Å². The molecule has 0 aromatic rings. The summed E-state index contributed by atoms with van der Waals surface area (Å²) >= 11 is 0. The highest BCUT2D eigenvalue weighted by atomic mass is 16.6. The maximum Gasteiger partial charge on any atom is 0.410 e. The van der Waals surface area contributed by atoms with Crippen molar-refractivity contribution in [2.45, 2.75) is 71.3 Å². The Morgan fingerprint density at radius 1 is 1.00 bits per heavy atom. The van der Waals surface area contributed by atoms with Crippen molar-refractivity contribution >= 4 is 23.9 Å². The number of aliphatic carboxylic acids is 1. The lowest BCUT2D eigenvalue weighted by atomic mass is 9.91. The number of hydrogen-bond donors (Lipinski definition) is 2. The number of nitrogens with zero attached hydrogens (tertiary/aromatic N) is 2. The van der Waals surface area contributed by atoms with Crippen LogP contribution in [0.1, 0.15) is 65.7 Å². The summed E-state index contributed by atoms with van der Waals surface area (Å²) in [4.78, 5) is 51.2. The number of rotatable bonds is 7. The van der Waals surface area contributed by atoms with Crippen molar-refractivity contribution in [3.63, 3.8) is 0 Å². The molecule has 0 bridgehead atoms. The molecule has 0 aromatic heterocycles. The van der Waals surface area contributed by atoms with Gasteiger partial charge in [0.25, 0.3) is 0 Å². The lowest BCUT2D eigenvalue weighted by Crippen LogP contribution is -2.46. The molecule has 0 unspecified atom stereocenters. The topological polar surface area (TPSA) is 116 Å². The molecule has 0 spiro atoms. The normalized spacial score (nSPS) is 20.3. The average molecular weight is 440 g/mol. The molecule has 31 heavy (non-hydrogen) atoms. The Labute approximate surface area is 184 Å². The summed E-state index contributed by atoms with van der Waals surface area (Å²) in [5, 5.41) is 11.3. The molecule has 176 valence electrons. The summed E-state index contributed by atoms with van der Waals surface area (Å²) in [5.41, 5.74) is -0.500. The number of ether oxygens (including phenoxy) is 1. The van der Waals surface area contributed by atoms with Crippen molar-refractivity contribution in [1.82, 2.24) is 15.1 Å². The zero-order valence-electron chi connectivity index (χ0n) is 19.0. The van der Waals surface area contributed by atoms with Crippen molar-refractivity contribution in [1.29, 1.82) is 0 Å². The second-order valence-corrected chi connectivity index (χ2v) is 9.56. The Morgan fingerprint density at radius 3 is 2.29 bits per heavy atom. The van der Waals surface area contributed by atoms with Crippen molar-refractivity contribution < 1.29 is 29.0 Å². The highest BCUT2D eigenvalue weighted by Gasteiger charge is 2.30. The fourth-order valence-electron chi connectivity index (χ4n) is 4.07. The molecule has 2 heterocycles. The van der Waals surface area contributed by atoms with E-state index in [0.717, 1.165) is 25.7 Å². The van der Waals surface area contributed by atoms with Gasteiger partial charge < -0.3 is 25.0 Å². The number of piperidine rings is 2. The van der Waals surface area contributed by atoms with Crippen LogP contribution in [0.5, 0.6) is 0 Å². The van der Waals surface area contributed by atoms with Gasteiger partial charge in [-0.1, -0.05) is 0 Å². The molecule has 2 rings (SSSR count). The van der Waals surface area contributed by atoms with E-state index in [1.54, 1.807) is 9.80 Å². The van der Waals surface area contributed by atoms with E-state index >= 15 is 0 Å². The number of carboxylic acid groups (broad SMARTS) is 1. The van der Waals surface area contributed by atoms with Gasteiger partial charge in [-0.25, -0.2) is 4.79 Å². The largest absolute Gasteiger partial charge is 0.481 e. The van der Waals surface area contributed by atoms with Crippen LogP contribution in [0, 0.1) is 11.8 Å². The highest BCUT2D eigenvalue weighted by Crippen LogP contribution is 2.25. The Hall–Kier alpha value is -2.32. The highest BCUT2D eigenvalue weighted by molar-refractivity contribution is 5.81. The molecule has 0 radical (unpaired) electrons. The summed E-state index contributed by atoms with van der Waals surface area (Å²) in [6.45, 7) is 8.03. The maximum absolute atomic E-state index is 12.7. The number of hydrogen-bond acceptors (Lipinski definition) is 5. The summed E-state index contributed by atoms with van der Waals surface area (Å²) in [6, 6.07) is 0. The number of likely N-dealkylation sites (tertiary alicyclic amines) is 2. The average Bonchev–Trinajstić information content (AvgIpc) is 2.71. The number of nitrogens with one attached hydrogen (secondary N) is 1. The summed E-state index contributed by atoms with van der Waals surface area (Å²) in [5.74, 6) is -0.922. The van der Waals surface area contributed by atoms with E-state index in [-0.39, 0.29) is 36.8 Å². The molecule has 0 aromatic carbocycles. The lowest BCUT2D eigenvalue weighted by molar-refractivity contribution is -0.137. The van der Waals surface area contributed by atoms with Crippen LogP contribution in [0.25, 0.3) is 0 Å². The molecule has 9 nitrogen and oxygen atoms in total. The SMILES string of the molecule is CC(C)(C)OC(=O)N1CCC(CCC(=O)N2CCC[C@@H](C(=O)NCCC(=O)O)C2)CC1. The minimum Gasteiger partial charge on any atom is -0.481 e. The number of carboxylic acids is 1. The van der Waals surface area contributed by atoms with Crippen molar-refractivity contribution in [3.05, 3.63) is 0 Å². The predicted octanol–water partition coefficient (Wildman–Crippen LogP) is 2.24. The van der Waals surface area contributed by atoms with E-state index in [4.69, 9.17) is 9.84 Å². The van der Waals surface area contributed by atoms with E-state index in [1.165, 1.54) is 0 Å². The lowest BCUT2D eigenvalue weighted by Gasteiger charge is -2.34. The second-order valence-electron chi connectivity index (χ2n) is 9.56. The monoisotopic (exact) mass is 439 g/mol. The molecular formula is C22H37N3O6. The molecule has 0 aliphatic carbocycles. The van der Waals surface area contributed by atoms with Crippen LogP contribution in [0.15, 0.2) is 0 Å². The molecule has 0 saturated carbocycles. The third kappa shape index (κ3) is 8.75. The molecule has 2 fully saturated rings. The van der Waals surface area contributed by atoms with Crippen molar-refractivity contribution in [2.75, 3.05) is 32.7 Å². The van der Waals surface area contributed by atoms with Crippen LogP contribution in [-0.4, -0.2) is 77.1 Å². The van der Waals surface area contributed by atoms with Gasteiger partial charge in [0.1, 0.15) is 5.60 Å². The van der Waals surface area contributed by atoms with Gasteiger partial charge in [-0.05, 0) is 58.8 Å². The van der Waals surface area contributed by atoms with Gasteiger partial charge in [-0.2, -0.15) is 0 Å². The summed E-state index contributed by atoms with van der Waals surface area (Å²) in [6.07, 6.45) is 4.07. The Kier molecular flexibility index (Phi) is 9.13. The Balaban J connectivity index is 1.70. The Morgan fingerprint density at radius 2 is 1.68 bits per heavy atom. The number of carbonyl (C=O) groups excluding carboxylic acids is 3. The van der Waals surface area contributed by atoms with Crippen LogP contribution in [0.3, 0.4) is 0 Å². The van der Waals surface area contributed by atoms with Crippen LogP contribution < -0.4 is 5.32 Å². The van der Waals surface area contributed by atoms with Gasteiger partial charge in [-0.3, -0.25) is 14.4 Å². The second kappa shape index (κ2) is 11.3. The summed E-state index contributed by atoms with van der Waals surface area (Å²) in [7, 11) is 0. The third-order valence-electron chi connectivity index (χ3n) is 5.82. The van der Waals surface area contributed by atoms with Gasteiger partial charge in [-0.15, -0.1) is 0 Å². The van der Waals surface area contributed by atoms with Crippen LogP contribution in [0.2, 0.25) is 0 Å². The number of amides is 3. The molecular weight excluding hydrogens is 402 g/mol. The first kappa shape index (κ1) is 24.9. The fourth-order valence-corrected chi connectivity index (χ4v) is 4.07. The molecule has 9 heteroatoms. The van der Waals surface area contributed by atoms with Crippen LogP contribution >= 0.6 is 0 Å². The van der Waals surface area contributed by atoms with Crippen LogP contribution in [0.4, 0.5) is 4.79 Å². The quantitative estimate of drug-likeness (QED) is 0.628.